The SMILES string of the molecule is CCOc1cc(/C=C(/C#N)c2ccc(C(=O)O)cc2)cc(Br)c1OCc1ccc(C)cc1. The minimum absolute atomic E-state index is 0.169. The summed E-state index contributed by atoms with van der Waals surface area (Å²) in [4.78, 5) is 11.1. The van der Waals surface area contributed by atoms with Crippen LogP contribution in [0, 0.1) is 18.3 Å². The predicted octanol–water partition coefficient (Wildman–Crippen LogP) is 6.50. The van der Waals surface area contributed by atoms with Crippen LogP contribution < -0.4 is 9.47 Å². The largest absolute Gasteiger partial charge is 0.490 e. The fraction of sp³-hybridized carbons (Fsp3) is 0.154. The highest BCUT2D eigenvalue weighted by atomic mass is 79.9. The number of carbonyl (C=O) groups is 1. The number of hydrogen-bond acceptors (Lipinski definition) is 4. The summed E-state index contributed by atoms with van der Waals surface area (Å²) in [5.74, 6) is 0.151. The number of halogens is 1. The van der Waals surface area contributed by atoms with Gasteiger partial charge in [0, 0.05) is 0 Å². The summed E-state index contributed by atoms with van der Waals surface area (Å²) >= 11 is 3.56. The minimum Gasteiger partial charge on any atom is -0.490 e. The van der Waals surface area contributed by atoms with Crippen molar-refractivity contribution in [2.24, 2.45) is 0 Å². The first kappa shape index (κ1) is 23.1. The molecule has 3 aromatic rings. The van der Waals surface area contributed by atoms with Crippen LogP contribution in [0.3, 0.4) is 0 Å². The predicted molar refractivity (Wildman–Crippen MR) is 128 cm³/mol. The Morgan fingerprint density at radius 2 is 1.72 bits per heavy atom. The van der Waals surface area contributed by atoms with Crippen LogP contribution in [-0.4, -0.2) is 17.7 Å². The van der Waals surface area contributed by atoms with Crippen LogP contribution in [0.1, 0.15) is 39.5 Å². The quantitative estimate of drug-likeness (QED) is 0.287. The van der Waals surface area contributed by atoms with Crippen molar-refractivity contribution in [3.8, 4) is 17.6 Å². The number of rotatable bonds is 8. The van der Waals surface area contributed by atoms with E-state index in [2.05, 4.69) is 22.0 Å². The Morgan fingerprint density at radius 1 is 1.06 bits per heavy atom. The van der Waals surface area contributed by atoms with Gasteiger partial charge in [-0.1, -0.05) is 42.0 Å². The standard InChI is InChI=1S/C26H22BrNO4/c1-3-31-24-14-19(12-22(15-28)20-8-10-21(11-9-20)26(29)30)13-23(27)25(24)32-16-18-6-4-17(2)5-7-18/h4-14H,3,16H2,1-2H3,(H,29,30)/b22-12-. The molecule has 0 aromatic heterocycles. The molecule has 0 bridgehead atoms. The molecule has 1 N–H and O–H groups in total. The molecule has 0 heterocycles. The van der Waals surface area contributed by atoms with Crippen molar-refractivity contribution in [2.45, 2.75) is 20.5 Å². The van der Waals surface area contributed by atoms with Crippen LogP contribution in [0.4, 0.5) is 0 Å². The van der Waals surface area contributed by atoms with E-state index in [4.69, 9.17) is 14.6 Å². The number of aromatic carboxylic acids is 1. The van der Waals surface area contributed by atoms with Crippen LogP contribution in [0.2, 0.25) is 0 Å². The summed E-state index contributed by atoms with van der Waals surface area (Å²) in [5.41, 5.74) is 4.19. The number of benzene rings is 3. The average Bonchev–Trinajstić information content (AvgIpc) is 2.78. The van der Waals surface area contributed by atoms with Gasteiger partial charge < -0.3 is 14.6 Å². The highest BCUT2D eigenvalue weighted by Gasteiger charge is 2.13. The highest BCUT2D eigenvalue weighted by Crippen LogP contribution is 2.38. The average molecular weight is 492 g/mol. The van der Waals surface area contributed by atoms with Crippen LogP contribution in [0.15, 0.2) is 65.1 Å². The second-order valence-corrected chi connectivity index (χ2v) is 7.94. The zero-order chi connectivity index (χ0) is 23.1. The smallest absolute Gasteiger partial charge is 0.335 e. The van der Waals surface area contributed by atoms with E-state index < -0.39 is 5.97 Å². The van der Waals surface area contributed by atoms with Crippen LogP contribution in [-0.2, 0) is 6.61 Å². The van der Waals surface area contributed by atoms with Crippen molar-refractivity contribution < 1.29 is 19.4 Å². The second-order valence-electron chi connectivity index (χ2n) is 7.09. The van der Waals surface area contributed by atoms with E-state index in [1.165, 1.54) is 17.7 Å². The maximum Gasteiger partial charge on any atom is 0.335 e. The third-order valence-electron chi connectivity index (χ3n) is 4.71. The molecule has 0 atom stereocenters. The van der Waals surface area contributed by atoms with Crippen molar-refractivity contribution in [2.75, 3.05) is 6.61 Å². The van der Waals surface area contributed by atoms with Crippen LogP contribution >= 0.6 is 15.9 Å². The third kappa shape index (κ3) is 5.77. The fourth-order valence-electron chi connectivity index (χ4n) is 3.05. The lowest BCUT2D eigenvalue weighted by molar-refractivity contribution is 0.0697. The Hall–Kier alpha value is -3.56. The Balaban J connectivity index is 1.90. The lowest BCUT2D eigenvalue weighted by Gasteiger charge is -2.15. The molecule has 0 saturated carbocycles. The lowest BCUT2D eigenvalue weighted by atomic mass is 10.0. The number of nitrogens with zero attached hydrogens (tertiary/aromatic N) is 1. The Bertz CT molecular complexity index is 1180. The summed E-state index contributed by atoms with van der Waals surface area (Å²) in [7, 11) is 0. The molecule has 0 spiro atoms. The number of carboxylic acid groups (broad SMARTS) is 1. The molecular weight excluding hydrogens is 470 g/mol. The highest BCUT2D eigenvalue weighted by molar-refractivity contribution is 9.10. The molecule has 5 nitrogen and oxygen atoms in total. The van der Waals surface area contributed by atoms with Gasteiger partial charge in [-0.05, 0) is 76.8 Å². The van der Waals surface area contributed by atoms with Gasteiger partial charge in [0.25, 0.3) is 0 Å². The van der Waals surface area contributed by atoms with E-state index >= 15 is 0 Å². The van der Waals surface area contributed by atoms with E-state index in [-0.39, 0.29) is 5.56 Å². The molecule has 3 rings (SSSR count). The van der Waals surface area contributed by atoms with Gasteiger partial charge in [-0.3, -0.25) is 0 Å². The number of carboxylic acids is 1. The van der Waals surface area contributed by atoms with Crippen molar-refractivity contribution in [3.63, 3.8) is 0 Å². The molecule has 0 unspecified atom stereocenters. The van der Waals surface area contributed by atoms with Crippen LogP contribution in [0.5, 0.6) is 11.5 Å². The zero-order valence-corrected chi connectivity index (χ0v) is 19.3. The molecule has 0 saturated heterocycles. The third-order valence-corrected chi connectivity index (χ3v) is 5.30. The van der Waals surface area contributed by atoms with Gasteiger partial charge in [0.1, 0.15) is 6.61 Å². The Labute approximate surface area is 195 Å². The van der Waals surface area contributed by atoms with Crippen molar-refractivity contribution >= 4 is 33.5 Å². The molecule has 0 fully saturated rings. The molecule has 6 heteroatoms. The van der Waals surface area contributed by atoms with Crippen molar-refractivity contribution in [1.29, 1.82) is 5.26 Å². The van der Waals surface area contributed by atoms with Crippen LogP contribution in [0.25, 0.3) is 11.6 Å². The topological polar surface area (TPSA) is 79.5 Å². The summed E-state index contributed by atoms with van der Waals surface area (Å²) in [5, 5.41) is 18.7. The van der Waals surface area contributed by atoms with Crippen molar-refractivity contribution in [1.82, 2.24) is 0 Å². The molecule has 32 heavy (non-hydrogen) atoms. The Morgan fingerprint density at radius 3 is 2.31 bits per heavy atom. The van der Waals surface area contributed by atoms with Gasteiger partial charge in [-0.25, -0.2) is 4.79 Å². The molecule has 0 aliphatic carbocycles. The maximum absolute atomic E-state index is 11.1. The number of aryl methyl sites for hydroxylation is 1. The Kier molecular flexibility index (Phi) is 7.69. The normalized spacial score (nSPS) is 11.0. The fourth-order valence-corrected chi connectivity index (χ4v) is 3.63. The first-order valence-electron chi connectivity index (χ1n) is 10.0. The van der Waals surface area contributed by atoms with E-state index in [1.807, 2.05) is 50.2 Å². The van der Waals surface area contributed by atoms with Gasteiger partial charge in [0.2, 0.25) is 0 Å². The first-order chi connectivity index (χ1) is 15.4. The minimum atomic E-state index is -1.01. The van der Waals surface area contributed by atoms with Crippen molar-refractivity contribution in [3.05, 3.63) is 93.0 Å². The first-order valence-corrected chi connectivity index (χ1v) is 10.8. The molecular formula is C26H22BrNO4. The summed E-state index contributed by atoms with van der Waals surface area (Å²) in [6.45, 7) is 4.79. The van der Waals surface area contributed by atoms with E-state index in [1.54, 1.807) is 18.2 Å². The van der Waals surface area contributed by atoms with Gasteiger partial charge in [0.05, 0.1) is 28.3 Å². The molecule has 0 radical (unpaired) electrons. The zero-order valence-electron chi connectivity index (χ0n) is 17.8. The molecule has 162 valence electrons. The van der Waals surface area contributed by atoms with Gasteiger partial charge in [-0.2, -0.15) is 5.26 Å². The number of nitriles is 1. The van der Waals surface area contributed by atoms with E-state index in [0.717, 1.165) is 11.1 Å². The summed E-state index contributed by atoms with van der Waals surface area (Å²) < 4.78 is 12.5. The van der Waals surface area contributed by atoms with Gasteiger partial charge in [-0.15, -0.1) is 0 Å². The summed E-state index contributed by atoms with van der Waals surface area (Å²) in [6.07, 6.45) is 1.73. The molecule has 3 aromatic carbocycles. The lowest BCUT2D eigenvalue weighted by Crippen LogP contribution is -2.01. The molecule has 0 amide bonds. The maximum atomic E-state index is 11.1. The number of hydrogen-bond donors (Lipinski definition) is 1. The van der Waals surface area contributed by atoms with Gasteiger partial charge in [0.15, 0.2) is 11.5 Å². The summed E-state index contributed by atoms with van der Waals surface area (Å²) in [6, 6.07) is 20.2. The number of ether oxygens (including phenoxy) is 2. The second kappa shape index (κ2) is 10.7. The van der Waals surface area contributed by atoms with E-state index in [9.17, 15) is 10.1 Å². The van der Waals surface area contributed by atoms with E-state index in [0.29, 0.717) is 40.3 Å². The molecule has 0 aliphatic rings. The monoisotopic (exact) mass is 491 g/mol. The molecule has 0 aliphatic heterocycles. The number of allylic oxidation sites excluding steroid dienone is 1. The van der Waals surface area contributed by atoms with Gasteiger partial charge >= 0.3 is 5.97 Å².